The molecular weight excluding hydrogens is 392 g/mol. The van der Waals surface area contributed by atoms with Crippen LogP contribution in [0.1, 0.15) is 65.7 Å². The molecule has 30 heavy (non-hydrogen) atoms. The quantitative estimate of drug-likeness (QED) is 0.569. The van der Waals surface area contributed by atoms with Crippen LogP contribution in [0.5, 0.6) is 0 Å². The Hall–Kier alpha value is -1.39. The molecule has 3 unspecified atom stereocenters. The highest BCUT2D eigenvalue weighted by molar-refractivity contribution is 7.91. The molecule has 0 spiro atoms. The van der Waals surface area contributed by atoms with Crippen LogP contribution in [0.2, 0.25) is 0 Å². The summed E-state index contributed by atoms with van der Waals surface area (Å²) in [5, 5.41) is 9.56. The van der Waals surface area contributed by atoms with E-state index in [-0.39, 0.29) is 17.4 Å². The average molecular weight is 431 g/mol. The van der Waals surface area contributed by atoms with Crippen LogP contribution in [-0.2, 0) is 9.84 Å². The molecule has 0 heterocycles. The third kappa shape index (κ3) is 4.91. The fourth-order valence-electron chi connectivity index (χ4n) is 5.52. The molecule has 5 atom stereocenters. The minimum atomic E-state index is -3.04. The van der Waals surface area contributed by atoms with Gasteiger partial charge in [-0.1, -0.05) is 67.5 Å². The first kappa shape index (κ1) is 23.3. The lowest BCUT2D eigenvalue weighted by Gasteiger charge is -2.42. The van der Waals surface area contributed by atoms with Crippen molar-refractivity contribution < 1.29 is 13.5 Å². The number of fused-ring (bicyclic) bond motifs is 1. The van der Waals surface area contributed by atoms with Gasteiger partial charge in [0.2, 0.25) is 0 Å². The van der Waals surface area contributed by atoms with E-state index in [2.05, 4.69) is 44.7 Å². The van der Waals surface area contributed by atoms with Crippen LogP contribution in [0.4, 0.5) is 0 Å². The highest BCUT2D eigenvalue weighted by Crippen LogP contribution is 2.56. The molecule has 1 N–H and O–H groups in total. The van der Waals surface area contributed by atoms with Gasteiger partial charge >= 0.3 is 0 Å². The molecule has 2 fully saturated rings. The Kier molecular flexibility index (Phi) is 6.98. The van der Waals surface area contributed by atoms with Crippen LogP contribution in [0.25, 0.3) is 0 Å². The molecule has 0 aromatic rings. The molecule has 2 saturated carbocycles. The topological polar surface area (TPSA) is 54.4 Å². The van der Waals surface area contributed by atoms with E-state index in [0.29, 0.717) is 12.3 Å². The molecule has 3 nitrogen and oxygen atoms in total. The van der Waals surface area contributed by atoms with Crippen LogP contribution < -0.4 is 0 Å². The minimum absolute atomic E-state index is 0.143. The first-order valence-corrected chi connectivity index (χ1v) is 13.3. The van der Waals surface area contributed by atoms with E-state index in [1.807, 2.05) is 6.08 Å². The normalized spacial score (nSPS) is 35.0. The molecule has 0 saturated heterocycles. The van der Waals surface area contributed by atoms with Crippen molar-refractivity contribution in [2.24, 2.45) is 17.3 Å². The third-order valence-corrected chi connectivity index (χ3v) is 9.14. The maximum absolute atomic E-state index is 11.7. The van der Waals surface area contributed by atoms with E-state index in [4.69, 9.17) is 0 Å². The van der Waals surface area contributed by atoms with Crippen molar-refractivity contribution in [3.63, 3.8) is 0 Å². The van der Waals surface area contributed by atoms with Crippen molar-refractivity contribution in [2.75, 3.05) is 6.26 Å². The molecule has 0 bridgehead atoms. The van der Waals surface area contributed by atoms with Crippen LogP contribution in [0.3, 0.4) is 0 Å². The Morgan fingerprint density at radius 3 is 2.67 bits per heavy atom. The molecule has 3 rings (SSSR count). The van der Waals surface area contributed by atoms with Gasteiger partial charge in [0, 0.05) is 6.26 Å². The zero-order valence-electron chi connectivity index (χ0n) is 19.0. The summed E-state index contributed by atoms with van der Waals surface area (Å²) in [6.07, 6.45) is 18.9. The van der Waals surface area contributed by atoms with E-state index in [1.54, 1.807) is 6.92 Å². The lowest BCUT2D eigenvalue weighted by Crippen LogP contribution is -2.32. The van der Waals surface area contributed by atoms with Gasteiger partial charge in [0.1, 0.15) is 0 Å². The number of hydrogen-bond acceptors (Lipinski definition) is 3. The van der Waals surface area contributed by atoms with Crippen LogP contribution in [0.15, 0.2) is 59.3 Å². The number of aliphatic hydroxyl groups excluding tert-OH is 1. The SMILES string of the molecule is C=C1CCC(O)C/C1=C/C=C1\CCC[C@]2(C)C(C(C)/C=C/C(C)S(C)(=O)=O)=CC[C@@H]12. The van der Waals surface area contributed by atoms with Crippen LogP contribution in [-0.4, -0.2) is 31.1 Å². The third-order valence-electron chi connectivity index (χ3n) is 7.64. The number of hydrogen-bond donors (Lipinski definition) is 1. The van der Waals surface area contributed by atoms with Crippen LogP contribution >= 0.6 is 0 Å². The maximum atomic E-state index is 11.7. The molecule has 166 valence electrons. The van der Waals surface area contributed by atoms with Crippen molar-refractivity contribution >= 4 is 9.84 Å². The predicted octanol–water partition coefficient (Wildman–Crippen LogP) is 5.70. The van der Waals surface area contributed by atoms with Gasteiger partial charge in [-0.25, -0.2) is 8.42 Å². The predicted molar refractivity (Wildman–Crippen MR) is 126 cm³/mol. The lowest BCUT2D eigenvalue weighted by molar-refractivity contribution is 0.158. The summed E-state index contributed by atoms with van der Waals surface area (Å²) < 4.78 is 23.5. The number of allylic oxidation sites excluding steroid dienone is 7. The van der Waals surface area contributed by atoms with Gasteiger partial charge in [0.25, 0.3) is 0 Å². The number of rotatable bonds is 5. The molecule has 4 heteroatoms. The Bertz CT molecular complexity index is 903. The second kappa shape index (κ2) is 9.00. The van der Waals surface area contributed by atoms with Gasteiger partial charge in [0.05, 0.1) is 11.4 Å². The molecule has 3 aliphatic carbocycles. The van der Waals surface area contributed by atoms with E-state index in [0.717, 1.165) is 25.7 Å². The largest absolute Gasteiger partial charge is 0.393 e. The van der Waals surface area contributed by atoms with Crippen molar-refractivity contribution in [3.8, 4) is 0 Å². The van der Waals surface area contributed by atoms with Gasteiger partial charge in [0.15, 0.2) is 9.84 Å². The maximum Gasteiger partial charge on any atom is 0.153 e. The Morgan fingerprint density at radius 2 is 1.97 bits per heavy atom. The van der Waals surface area contributed by atoms with E-state index < -0.39 is 15.1 Å². The highest BCUT2D eigenvalue weighted by atomic mass is 32.2. The number of sulfone groups is 1. The summed E-state index contributed by atoms with van der Waals surface area (Å²) in [5.41, 5.74) is 5.48. The Balaban J connectivity index is 1.78. The summed E-state index contributed by atoms with van der Waals surface area (Å²) in [7, 11) is -3.04. The fraction of sp³-hybridized carbons (Fsp3) is 0.615. The zero-order valence-corrected chi connectivity index (χ0v) is 19.8. The first-order chi connectivity index (χ1) is 14.0. The minimum Gasteiger partial charge on any atom is -0.393 e. The molecule has 0 aromatic carbocycles. The van der Waals surface area contributed by atoms with Crippen molar-refractivity contribution in [1.82, 2.24) is 0 Å². The molecule has 3 aliphatic rings. The summed E-state index contributed by atoms with van der Waals surface area (Å²) >= 11 is 0. The number of aliphatic hydroxyl groups is 1. The molecule has 0 aliphatic heterocycles. The summed E-state index contributed by atoms with van der Waals surface area (Å²) in [6.45, 7) is 10.5. The van der Waals surface area contributed by atoms with Gasteiger partial charge in [-0.05, 0) is 74.7 Å². The smallest absolute Gasteiger partial charge is 0.153 e. The second-order valence-electron chi connectivity index (χ2n) is 9.86. The van der Waals surface area contributed by atoms with Crippen molar-refractivity contribution in [3.05, 3.63) is 59.3 Å². The highest BCUT2D eigenvalue weighted by Gasteiger charge is 2.45. The standard InChI is InChI=1S/C26H38O3S/c1-18-9-13-23(27)17-22(18)12-11-21-7-6-16-26(4)24(14-15-25(21)26)19(2)8-10-20(3)30(5,28)29/h8,10-12,14,19-20,23,25,27H,1,6-7,9,13,15-17H2,2-5H3/b10-8+,21-11+,22-12-/t19?,20?,23?,25-,26+/m0/s1. The van der Waals surface area contributed by atoms with Gasteiger partial charge < -0.3 is 5.11 Å². The van der Waals surface area contributed by atoms with E-state index in [9.17, 15) is 13.5 Å². The Labute approximate surface area is 183 Å². The first-order valence-electron chi connectivity index (χ1n) is 11.4. The molecule has 0 radical (unpaired) electrons. The molecule has 0 amide bonds. The fourth-order valence-corrected chi connectivity index (χ4v) is 5.90. The van der Waals surface area contributed by atoms with Gasteiger partial charge in [-0.2, -0.15) is 0 Å². The monoisotopic (exact) mass is 430 g/mol. The zero-order chi connectivity index (χ0) is 22.1. The molecular formula is C26H38O3S. The Morgan fingerprint density at radius 1 is 1.23 bits per heavy atom. The van der Waals surface area contributed by atoms with Crippen molar-refractivity contribution in [1.29, 1.82) is 0 Å². The van der Waals surface area contributed by atoms with Gasteiger partial charge in [-0.15, -0.1) is 0 Å². The summed E-state index contributed by atoms with van der Waals surface area (Å²) in [4.78, 5) is 0. The summed E-state index contributed by atoms with van der Waals surface area (Å²) in [5.74, 6) is 0.762. The van der Waals surface area contributed by atoms with Crippen LogP contribution in [0, 0.1) is 17.3 Å². The van der Waals surface area contributed by atoms with E-state index in [1.165, 1.54) is 41.4 Å². The van der Waals surface area contributed by atoms with E-state index >= 15 is 0 Å². The molecule has 0 aromatic heterocycles. The second-order valence-corrected chi connectivity index (χ2v) is 12.3. The van der Waals surface area contributed by atoms with Crippen molar-refractivity contribution in [2.45, 2.75) is 77.1 Å². The average Bonchev–Trinajstić information content (AvgIpc) is 3.03. The lowest BCUT2D eigenvalue weighted by atomic mass is 9.62. The summed E-state index contributed by atoms with van der Waals surface area (Å²) in [6, 6.07) is 0. The van der Waals surface area contributed by atoms with Gasteiger partial charge in [-0.3, -0.25) is 0 Å².